The molecule has 0 atom stereocenters. The molecule has 0 saturated carbocycles. The highest BCUT2D eigenvalue weighted by atomic mass is 35.5. The minimum absolute atomic E-state index is 0.0241. The van der Waals surface area contributed by atoms with E-state index in [4.69, 9.17) is 16.3 Å². The van der Waals surface area contributed by atoms with Crippen molar-refractivity contribution in [3.63, 3.8) is 0 Å². The fourth-order valence-corrected chi connectivity index (χ4v) is 1.15. The molecule has 5 heteroatoms. The highest BCUT2D eigenvalue weighted by molar-refractivity contribution is 6.17. The molecule has 0 amide bonds. The minimum atomic E-state index is -2.55. The summed E-state index contributed by atoms with van der Waals surface area (Å²) in [6.45, 7) is -0.713. The molecule has 0 heterocycles. The first-order chi connectivity index (χ1) is 6.63. The van der Waals surface area contributed by atoms with Gasteiger partial charge in [-0.1, -0.05) is 0 Å². The second kappa shape index (κ2) is 5.10. The van der Waals surface area contributed by atoms with Crippen LogP contribution in [-0.4, -0.2) is 13.0 Å². The first-order valence-electron chi connectivity index (χ1n) is 3.89. The number of benzene rings is 1. The number of hydrogen-bond acceptors (Lipinski definition) is 1. The third-order valence-electron chi connectivity index (χ3n) is 1.53. The maximum absolute atomic E-state index is 12.7. The van der Waals surface area contributed by atoms with Gasteiger partial charge in [-0.25, -0.2) is 13.2 Å². The second-order valence-electron chi connectivity index (χ2n) is 2.59. The van der Waals surface area contributed by atoms with Crippen molar-refractivity contribution in [3.8, 4) is 5.75 Å². The van der Waals surface area contributed by atoms with Crippen molar-refractivity contribution in [2.45, 2.75) is 12.3 Å². The van der Waals surface area contributed by atoms with E-state index in [1.54, 1.807) is 0 Å². The Morgan fingerprint density at radius 3 is 2.64 bits per heavy atom. The smallest absolute Gasteiger partial charge is 0.272 e. The van der Waals surface area contributed by atoms with E-state index < -0.39 is 18.8 Å². The SMILES string of the molecule is Fc1ccc(OCC(F)F)c(CCl)c1. The topological polar surface area (TPSA) is 9.23 Å². The lowest BCUT2D eigenvalue weighted by Crippen LogP contribution is -2.08. The van der Waals surface area contributed by atoms with Crippen molar-refractivity contribution in [1.82, 2.24) is 0 Å². The van der Waals surface area contributed by atoms with Gasteiger partial charge >= 0.3 is 0 Å². The Bertz CT molecular complexity index is 304. The summed E-state index contributed by atoms with van der Waals surface area (Å²) in [7, 11) is 0. The van der Waals surface area contributed by atoms with Crippen LogP contribution in [0.5, 0.6) is 5.75 Å². The molecule has 1 rings (SSSR count). The largest absolute Gasteiger partial charge is 0.487 e. The summed E-state index contributed by atoms with van der Waals surface area (Å²) in [6.07, 6.45) is -2.55. The molecule has 14 heavy (non-hydrogen) atoms. The van der Waals surface area contributed by atoms with Gasteiger partial charge in [0.2, 0.25) is 0 Å². The van der Waals surface area contributed by atoms with Crippen molar-refractivity contribution in [2.75, 3.05) is 6.61 Å². The predicted molar refractivity (Wildman–Crippen MR) is 47.5 cm³/mol. The minimum Gasteiger partial charge on any atom is -0.487 e. The van der Waals surface area contributed by atoms with E-state index in [-0.39, 0.29) is 11.6 Å². The third-order valence-corrected chi connectivity index (χ3v) is 1.82. The zero-order valence-corrected chi connectivity index (χ0v) is 7.90. The maximum Gasteiger partial charge on any atom is 0.272 e. The normalized spacial score (nSPS) is 10.6. The Morgan fingerprint density at radius 1 is 1.36 bits per heavy atom. The van der Waals surface area contributed by atoms with Gasteiger partial charge in [0.25, 0.3) is 6.43 Å². The molecule has 0 aliphatic rings. The van der Waals surface area contributed by atoms with Crippen LogP contribution in [0.25, 0.3) is 0 Å². The zero-order chi connectivity index (χ0) is 10.6. The van der Waals surface area contributed by atoms with Crippen LogP contribution in [0.2, 0.25) is 0 Å². The monoisotopic (exact) mass is 224 g/mol. The maximum atomic E-state index is 12.7. The molecule has 0 aliphatic heterocycles. The third kappa shape index (κ3) is 3.10. The summed E-state index contributed by atoms with van der Waals surface area (Å²) in [4.78, 5) is 0. The highest BCUT2D eigenvalue weighted by Crippen LogP contribution is 2.21. The van der Waals surface area contributed by atoms with Crippen molar-refractivity contribution < 1.29 is 17.9 Å². The van der Waals surface area contributed by atoms with Crippen LogP contribution in [0.15, 0.2) is 18.2 Å². The number of rotatable bonds is 4. The Labute approximate surface area is 84.4 Å². The second-order valence-corrected chi connectivity index (χ2v) is 2.86. The Kier molecular flexibility index (Phi) is 4.07. The molecule has 0 fully saturated rings. The molecule has 1 nitrogen and oxygen atoms in total. The van der Waals surface area contributed by atoms with Gasteiger partial charge in [0.1, 0.15) is 18.2 Å². The van der Waals surface area contributed by atoms with Gasteiger partial charge in [-0.15, -0.1) is 11.6 Å². The van der Waals surface area contributed by atoms with Crippen LogP contribution >= 0.6 is 11.6 Å². The number of ether oxygens (including phenoxy) is 1. The van der Waals surface area contributed by atoms with Crippen LogP contribution in [-0.2, 0) is 5.88 Å². The van der Waals surface area contributed by atoms with Crippen LogP contribution in [0.1, 0.15) is 5.56 Å². The van der Waals surface area contributed by atoms with Crippen LogP contribution in [0.4, 0.5) is 13.2 Å². The van der Waals surface area contributed by atoms with E-state index >= 15 is 0 Å². The van der Waals surface area contributed by atoms with Crippen molar-refractivity contribution >= 4 is 11.6 Å². The lowest BCUT2D eigenvalue weighted by molar-refractivity contribution is 0.0815. The van der Waals surface area contributed by atoms with Gasteiger partial charge in [0.05, 0.1) is 5.88 Å². The standard InChI is InChI=1S/C9H8ClF3O/c10-4-6-3-7(11)1-2-8(6)14-5-9(12)13/h1-3,9H,4-5H2. The molecule has 0 saturated heterocycles. The molecule has 0 aliphatic carbocycles. The lowest BCUT2D eigenvalue weighted by Gasteiger charge is -2.09. The molecule has 1 aromatic carbocycles. The van der Waals surface area contributed by atoms with Crippen molar-refractivity contribution in [3.05, 3.63) is 29.6 Å². The Hall–Kier alpha value is -0.900. The van der Waals surface area contributed by atoms with E-state index in [9.17, 15) is 13.2 Å². The van der Waals surface area contributed by atoms with E-state index in [1.165, 1.54) is 6.07 Å². The Morgan fingerprint density at radius 2 is 2.07 bits per heavy atom. The van der Waals surface area contributed by atoms with E-state index in [1.807, 2.05) is 0 Å². The number of hydrogen-bond donors (Lipinski definition) is 0. The average Bonchev–Trinajstić information content (AvgIpc) is 2.15. The molecule has 0 unspecified atom stereocenters. The first kappa shape index (κ1) is 11.2. The summed E-state index contributed by atoms with van der Waals surface area (Å²) < 4.78 is 41.0. The summed E-state index contributed by atoms with van der Waals surface area (Å²) in [5.41, 5.74) is 0.368. The fraction of sp³-hybridized carbons (Fsp3) is 0.333. The number of alkyl halides is 3. The molecule has 78 valence electrons. The van der Waals surface area contributed by atoms with E-state index in [0.29, 0.717) is 5.56 Å². The van der Waals surface area contributed by atoms with Gasteiger partial charge in [-0.3, -0.25) is 0 Å². The quantitative estimate of drug-likeness (QED) is 0.714. The van der Waals surface area contributed by atoms with E-state index in [0.717, 1.165) is 12.1 Å². The van der Waals surface area contributed by atoms with Crippen molar-refractivity contribution in [2.24, 2.45) is 0 Å². The first-order valence-corrected chi connectivity index (χ1v) is 4.42. The molecule has 0 N–H and O–H groups in total. The average molecular weight is 225 g/mol. The molecule has 1 aromatic rings. The summed E-state index contributed by atoms with van der Waals surface area (Å²) >= 11 is 5.49. The molecule has 0 bridgehead atoms. The van der Waals surface area contributed by atoms with Crippen LogP contribution in [0.3, 0.4) is 0 Å². The van der Waals surface area contributed by atoms with Gasteiger partial charge in [0.15, 0.2) is 0 Å². The fourth-order valence-electron chi connectivity index (χ4n) is 0.946. The molecular weight excluding hydrogens is 217 g/mol. The summed E-state index contributed by atoms with van der Waals surface area (Å²) in [5, 5.41) is 0. The van der Waals surface area contributed by atoms with Crippen LogP contribution in [0, 0.1) is 5.82 Å². The number of halogens is 4. The highest BCUT2D eigenvalue weighted by Gasteiger charge is 2.08. The van der Waals surface area contributed by atoms with Gasteiger partial charge in [-0.05, 0) is 18.2 Å². The molecule has 0 aromatic heterocycles. The predicted octanol–water partition coefficient (Wildman–Crippen LogP) is 3.21. The van der Waals surface area contributed by atoms with Gasteiger partial charge in [-0.2, -0.15) is 0 Å². The zero-order valence-electron chi connectivity index (χ0n) is 7.14. The summed E-state index contributed by atoms with van der Waals surface area (Å²) in [5.74, 6) is -0.247. The molecule has 0 radical (unpaired) electrons. The van der Waals surface area contributed by atoms with Crippen molar-refractivity contribution in [1.29, 1.82) is 0 Å². The van der Waals surface area contributed by atoms with E-state index in [2.05, 4.69) is 0 Å². The molecular formula is C9H8ClF3O. The van der Waals surface area contributed by atoms with Gasteiger partial charge in [0, 0.05) is 5.56 Å². The van der Waals surface area contributed by atoms with Gasteiger partial charge < -0.3 is 4.74 Å². The van der Waals surface area contributed by atoms with Crippen LogP contribution < -0.4 is 4.74 Å². The lowest BCUT2D eigenvalue weighted by atomic mass is 10.2. The molecule has 0 spiro atoms. The Balaban J connectivity index is 2.75. The summed E-state index contributed by atoms with van der Waals surface area (Å²) in [6, 6.07) is 3.58.